The van der Waals surface area contributed by atoms with Crippen molar-refractivity contribution in [3.05, 3.63) is 53.7 Å². The zero-order valence-corrected chi connectivity index (χ0v) is 11.0. The number of benzene rings is 1. The van der Waals surface area contributed by atoms with Crippen LogP contribution in [0.2, 0.25) is 0 Å². The van der Waals surface area contributed by atoms with Crippen molar-refractivity contribution in [1.29, 1.82) is 0 Å². The number of pyridine rings is 1. The molecule has 1 aromatic carbocycles. The first-order valence-corrected chi connectivity index (χ1v) is 6.33. The van der Waals surface area contributed by atoms with Gasteiger partial charge in [-0.25, -0.2) is 9.97 Å². The Hall–Kier alpha value is -2.36. The number of aromatic nitrogens is 3. The molecule has 0 saturated carbocycles. The predicted octanol–water partition coefficient (Wildman–Crippen LogP) is 2.93. The van der Waals surface area contributed by atoms with Gasteiger partial charge in [-0.15, -0.1) is 0 Å². The highest BCUT2D eigenvalue weighted by atomic mass is 15.2. The minimum atomic E-state index is 0.112. The van der Waals surface area contributed by atoms with Crippen LogP contribution in [0.15, 0.2) is 42.5 Å². The monoisotopic (exact) mass is 252 g/mol. The van der Waals surface area contributed by atoms with Crippen LogP contribution in [0, 0.1) is 6.92 Å². The second kappa shape index (κ2) is 4.39. The maximum absolute atomic E-state index is 6.05. The van der Waals surface area contributed by atoms with E-state index in [1.165, 1.54) is 5.56 Å². The smallest absolute Gasteiger partial charge is 0.203 e. The molecular formula is C15H16N4. The average molecular weight is 252 g/mol. The number of hydrogen-bond donors (Lipinski definition) is 1. The van der Waals surface area contributed by atoms with E-state index >= 15 is 0 Å². The zero-order valence-electron chi connectivity index (χ0n) is 11.0. The Morgan fingerprint density at radius 2 is 1.79 bits per heavy atom. The molecule has 3 rings (SSSR count). The van der Waals surface area contributed by atoms with Gasteiger partial charge in [-0.1, -0.05) is 30.3 Å². The fraction of sp³-hybridized carbons (Fsp3) is 0.200. The lowest BCUT2D eigenvalue weighted by molar-refractivity contribution is 0.662. The van der Waals surface area contributed by atoms with Gasteiger partial charge in [0.1, 0.15) is 5.52 Å². The van der Waals surface area contributed by atoms with E-state index in [2.05, 4.69) is 29.0 Å². The van der Waals surface area contributed by atoms with Gasteiger partial charge in [0.15, 0.2) is 5.65 Å². The number of imidazole rings is 1. The van der Waals surface area contributed by atoms with Gasteiger partial charge in [0.25, 0.3) is 0 Å². The van der Waals surface area contributed by atoms with E-state index in [1.54, 1.807) is 0 Å². The molecule has 0 aliphatic rings. The second-order valence-electron chi connectivity index (χ2n) is 4.72. The topological polar surface area (TPSA) is 56.7 Å². The summed E-state index contributed by atoms with van der Waals surface area (Å²) in [5.74, 6) is 0.504. The first-order valence-electron chi connectivity index (χ1n) is 6.33. The summed E-state index contributed by atoms with van der Waals surface area (Å²) in [4.78, 5) is 8.94. The van der Waals surface area contributed by atoms with Crippen molar-refractivity contribution in [1.82, 2.24) is 14.5 Å². The van der Waals surface area contributed by atoms with Crippen LogP contribution >= 0.6 is 0 Å². The molecule has 19 heavy (non-hydrogen) atoms. The number of aryl methyl sites for hydroxylation is 1. The molecular weight excluding hydrogens is 236 g/mol. The Morgan fingerprint density at radius 1 is 1.05 bits per heavy atom. The molecule has 0 radical (unpaired) electrons. The quantitative estimate of drug-likeness (QED) is 0.763. The number of fused-ring (bicyclic) bond motifs is 1. The Morgan fingerprint density at radius 3 is 2.53 bits per heavy atom. The zero-order chi connectivity index (χ0) is 13.4. The van der Waals surface area contributed by atoms with Crippen LogP contribution in [0.5, 0.6) is 0 Å². The minimum Gasteiger partial charge on any atom is -0.369 e. The molecule has 0 fully saturated rings. The lowest BCUT2D eigenvalue weighted by atomic mass is 10.1. The van der Waals surface area contributed by atoms with Crippen LogP contribution in [0.4, 0.5) is 5.95 Å². The van der Waals surface area contributed by atoms with Crippen molar-refractivity contribution >= 4 is 17.1 Å². The Labute approximate surface area is 111 Å². The van der Waals surface area contributed by atoms with Crippen LogP contribution in [0.25, 0.3) is 11.2 Å². The molecule has 0 amide bonds. The van der Waals surface area contributed by atoms with Gasteiger partial charge in [-0.05, 0) is 31.5 Å². The van der Waals surface area contributed by atoms with E-state index in [9.17, 15) is 0 Å². The molecule has 1 unspecified atom stereocenters. The van der Waals surface area contributed by atoms with E-state index < -0.39 is 0 Å². The van der Waals surface area contributed by atoms with E-state index in [0.29, 0.717) is 5.95 Å². The van der Waals surface area contributed by atoms with Crippen LogP contribution in [0.1, 0.15) is 24.2 Å². The number of hydrogen-bond acceptors (Lipinski definition) is 3. The molecule has 0 spiro atoms. The van der Waals surface area contributed by atoms with Crippen LogP contribution < -0.4 is 5.73 Å². The maximum Gasteiger partial charge on any atom is 0.203 e. The van der Waals surface area contributed by atoms with Gasteiger partial charge in [0.05, 0.1) is 6.04 Å². The third-order valence-electron chi connectivity index (χ3n) is 3.37. The van der Waals surface area contributed by atoms with E-state index in [-0.39, 0.29) is 6.04 Å². The molecule has 4 heteroatoms. The third-order valence-corrected chi connectivity index (χ3v) is 3.37. The van der Waals surface area contributed by atoms with Gasteiger partial charge < -0.3 is 5.73 Å². The number of nitrogen functional groups attached to an aromatic ring is 1. The van der Waals surface area contributed by atoms with Crippen molar-refractivity contribution < 1.29 is 0 Å². The van der Waals surface area contributed by atoms with Gasteiger partial charge in [-0.3, -0.25) is 4.57 Å². The summed E-state index contributed by atoms with van der Waals surface area (Å²) < 4.78 is 1.98. The summed E-state index contributed by atoms with van der Waals surface area (Å²) >= 11 is 0. The van der Waals surface area contributed by atoms with Crippen molar-refractivity contribution in [3.63, 3.8) is 0 Å². The molecule has 0 aliphatic heterocycles. The average Bonchev–Trinajstić information content (AvgIpc) is 2.74. The highest BCUT2D eigenvalue weighted by molar-refractivity contribution is 5.74. The summed E-state index contributed by atoms with van der Waals surface area (Å²) in [5, 5.41) is 0. The summed E-state index contributed by atoms with van der Waals surface area (Å²) in [6, 6.07) is 14.3. The summed E-state index contributed by atoms with van der Waals surface area (Å²) in [6.07, 6.45) is 0. The van der Waals surface area contributed by atoms with Gasteiger partial charge >= 0.3 is 0 Å². The molecule has 96 valence electrons. The number of nitrogens with zero attached hydrogens (tertiary/aromatic N) is 3. The number of rotatable bonds is 2. The van der Waals surface area contributed by atoms with Crippen molar-refractivity contribution in [2.75, 3.05) is 5.73 Å². The number of nitrogens with two attached hydrogens (primary N) is 1. The fourth-order valence-electron chi connectivity index (χ4n) is 2.35. The van der Waals surface area contributed by atoms with Gasteiger partial charge in [0.2, 0.25) is 5.95 Å². The van der Waals surface area contributed by atoms with E-state index in [0.717, 1.165) is 16.9 Å². The van der Waals surface area contributed by atoms with Gasteiger partial charge in [0, 0.05) is 5.69 Å². The van der Waals surface area contributed by atoms with Crippen LogP contribution in [-0.2, 0) is 0 Å². The normalized spacial score (nSPS) is 12.7. The van der Waals surface area contributed by atoms with E-state index in [1.807, 2.05) is 41.8 Å². The Bertz CT molecular complexity index is 716. The predicted molar refractivity (Wildman–Crippen MR) is 76.9 cm³/mol. The lowest BCUT2D eigenvalue weighted by Crippen LogP contribution is -2.10. The Kier molecular flexibility index (Phi) is 2.71. The van der Waals surface area contributed by atoms with Crippen molar-refractivity contribution in [2.45, 2.75) is 19.9 Å². The summed E-state index contributed by atoms with van der Waals surface area (Å²) in [7, 11) is 0. The molecule has 4 nitrogen and oxygen atoms in total. The molecule has 2 heterocycles. The Balaban J connectivity index is 2.19. The van der Waals surface area contributed by atoms with Crippen LogP contribution in [-0.4, -0.2) is 14.5 Å². The molecule has 0 aliphatic carbocycles. The van der Waals surface area contributed by atoms with Crippen molar-refractivity contribution in [2.24, 2.45) is 0 Å². The highest BCUT2D eigenvalue weighted by Crippen LogP contribution is 2.26. The number of anilines is 1. The van der Waals surface area contributed by atoms with Crippen molar-refractivity contribution in [3.8, 4) is 0 Å². The summed E-state index contributed by atoms with van der Waals surface area (Å²) in [5.41, 5.74) is 9.89. The standard InChI is InChI=1S/C15H16N4/c1-10-8-9-13-14(17-10)19(15(16)18-13)11(2)12-6-4-3-5-7-12/h3-9,11H,1-2H3,(H2,16,18). The lowest BCUT2D eigenvalue weighted by Gasteiger charge is -2.15. The highest BCUT2D eigenvalue weighted by Gasteiger charge is 2.16. The SMILES string of the molecule is Cc1ccc2nc(N)n(C(C)c3ccccc3)c2n1. The molecule has 2 aromatic heterocycles. The maximum atomic E-state index is 6.05. The molecule has 2 N–H and O–H groups in total. The van der Waals surface area contributed by atoms with Crippen LogP contribution in [0.3, 0.4) is 0 Å². The fourth-order valence-corrected chi connectivity index (χ4v) is 2.35. The summed E-state index contributed by atoms with van der Waals surface area (Å²) in [6.45, 7) is 4.08. The second-order valence-corrected chi connectivity index (χ2v) is 4.72. The third kappa shape index (κ3) is 1.95. The minimum absolute atomic E-state index is 0.112. The first-order chi connectivity index (χ1) is 9.16. The first kappa shape index (κ1) is 11.7. The van der Waals surface area contributed by atoms with E-state index in [4.69, 9.17) is 5.73 Å². The largest absolute Gasteiger partial charge is 0.369 e. The molecule has 3 aromatic rings. The van der Waals surface area contributed by atoms with Gasteiger partial charge in [-0.2, -0.15) is 0 Å². The molecule has 0 bridgehead atoms. The molecule has 1 atom stereocenters. The molecule has 0 saturated heterocycles.